The van der Waals surface area contributed by atoms with Gasteiger partial charge in [0, 0.05) is 31.6 Å². The van der Waals surface area contributed by atoms with Crippen LogP contribution in [0.5, 0.6) is 0 Å². The van der Waals surface area contributed by atoms with Gasteiger partial charge in [0.1, 0.15) is 0 Å². The molecule has 1 amide bonds. The van der Waals surface area contributed by atoms with Crippen LogP contribution in [0, 0.1) is 5.41 Å². The summed E-state index contributed by atoms with van der Waals surface area (Å²) in [4.78, 5) is 25.9. The van der Waals surface area contributed by atoms with Gasteiger partial charge in [0.15, 0.2) is 0 Å². The third kappa shape index (κ3) is 4.32. The smallest absolute Gasteiger partial charge is 0.306 e. The molecular formula is C16H25N3O3. The summed E-state index contributed by atoms with van der Waals surface area (Å²) in [6.07, 6.45) is 6.43. The van der Waals surface area contributed by atoms with Gasteiger partial charge in [-0.25, -0.2) is 0 Å². The molecule has 1 aliphatic rings. The summed E-state index contributed by atoms with van der Waals surface area (Å²) in [5, 5.41) is 6.82. The summed E-state index contributed by atoms with van der Waals surface area (Å²) >= 11 is 0. The van der Waals surface area contributed by atoms with Gasteiger partial charge in [-0.3, -0.25) is 14.7 Å². The summed E-state index contributed by atoms with van der Waals surface area (Å²) in [6.45, 7) is 5.38. The minimum atomic E-state index is -0.382. The predicted octanol–water partition coefficient (Wildman–Crippen LogP) is 2.10. The van der Waals surface area contributed by atoms with Crippen LogP contribution in [-0.2, 0) is 14.3 Å². The number of methoxy groups -OCH3 is 1. The van der Waals surface area contributed by atoms with Crippen molar-refractivity contribution in [3.8, 4) is 0 Å². The molecule has 1 aliphatic heterocycles. The van der Waals surface area contributed by atoms with Crippen LogP contribution in [0.25, 0.3) is 0 Å². The number of ether oxygens (including phenoxy) is 1. The van der Waals surface area contributed by atoms with E-state index < -0.39 is 0 Å². The van der Waals surface area contributed by atoms with Crippen molar-refractivity contribution in [2.75, 3.05) is 20.2 Å². The number of rotatable bonds is 5. The summed E-state index contributed by atoms with van der Waals surface area (Å²) in [5.74, 6) is 0.190. The highest BCUT2D eigenvalue weighted by molar-refractivity contribution is 5.78. The maximum atomic E-state index is 12.5. The van der Waals surface area contributed by atoms with Crippen LogP contribution in [0.3, 0.4) is 0 Å². The van der Waals surface area contributed by atoms with Crippen LogP contribution in [0.4, 0.5) is 0 Å². The highest BCUT2D eigenvalue weighted by Gasteiger charge is 2.31. The Bertz CT molecular complexity index is 511. The van der Waals surface area contributed by atoms with Crippen LogP contribution in [0.15, 0.2) is 12.4 Å². The van der Waals surface area contributed by atoms with E-state index in [1.54, 1.807) is 0 Å². The van der Waals surface area contributed by atoms with E-state index in [-0.39, 0.29) is 23.7 Å². The second kappa shape index (κ2) is 6.94. The van der Waals surface area contributed by atoms with E-state index in [0.29, 0.717) is 12.3 Å². The molecule has 1 N–H and O–H groups in total. The van der Waals surface area contributed by atoms with E-state index in [1.807, 2.05) is 31.1 Å². The monoisotopic (exact) mass is 307 g/mol. The summed E-state index contributed by atoms with van der Waals surface area (Å²) < 4.78 is 4.70. The highest BCUT2D eigenvalue weighted by Crippen LogP contribution is 2.30. The van der Waals surface area contributed by atoms with Gasteiger partial charge in [-0.05, 0) is 23.8 Å². The molecule has 0 spiro atoms. The number of hydrogen-bond donors (Lipinski definition) is 1. The molecule has 22 heavy (non-hydrogen) atoms. The van der Waals surface area contributed by atoms with Crippen molar-refractivity contribution in [2.45, 2.75) is 45.4 Å². The van der Waals surface area contributed by atoms with Gasteiger partial charge in [-0.15, -0.1) is 0 Å². The van der Waals surface area contributed by atoms with E-state index in [1.165, 1.54) is 7.11 Å². The van der Waals surface area contributed by atoms with Crippen LogP contribution < -0.4 is 0 Å². The lowest BCUT2D eigenvalue weighted by Gasteiger charge is -2.34. The van der Waals surface area contributed by atoms with Crippen molar-refractivity contribution in [2.24, 2.45) is 5.41 Å². The summed E-state index contributed by atoms with van der Waals surface area (Å²) in [5.41, 5.74) is 0.776. The Morgan fingerprint density at radius 1 is 1.45 bits per heavy atom. The van der Waals surface area contributed by atoms with Crippen molar-refractivity contribution >= 4 is 11.9 Å². The number of nitrogens with zero attached hydrogens (tertiary/aromatic N) is 2. The first-order valence-corrected chi connectivity index (χ1v) is 7.74. The molecule has 1 aromatic rings. The zero-order valence-electron chi connectivity index (χ0n) is 13.6. The molecule has 1 fully saturated rings. The minimum absolute atomic E-state index is 0.113. The molecule has 1 saturated heterocycles. The van der Waals surface area contributed by atoms with Crippen LogP contribution in [0.1, 0.15) is 51.0 Å². The topological polar surface area (TPSA) is 75.3 Å². The first-order valence-electron chi connectivity index (χ1n) is 7.74. The Hall–Kier alpha value is -1.85. The first kappa shape index (κ1) is 16.5. The fourth-order valence-electron chi connectivity index (χ4n) is 3.01. The Morgan fingerprint density at radius 3 is 2.86 bits per heavy atom. The number of nitrogens with one attached hydrogen (secondary N) is 1. The summed E-state index contributed by atoms with van der Waals surface area (Å²) in [6, 6.07) is 0. The Labute approximate surface area is 131 Å². The molecule has 122 valence electrons. The van der Waals surface area contributed by atoms with E-state index >= 15 is 0 Å². The molecule has 6 nitrogen and oxygen atoms in total. The quantitative estimate of drug-likeness (QED) is 0.845. The lowest BCUT2D eigenvalue weighted by atomic mass is 9.84. The largest absolute Gasteiger partial charge is 0.469 e. The van der Waals surface area contributed by atoms with Crippen LogP contribution >= 0.6 is 0 Å². The van der Waals surface area contributed by atoms with E-state index in [4.69, 9.17) is 4.74 Å². The van der Waals surface area contributed by atoms with Gasteiger partial charge in [0.25, 0.3) is 0 Å². The summed E-state index contributed by atoms with van der Waals surface area (Å²) in [7, 11) is 1.38. The van der Waals surface area contributed by atoms with Crippen LogP contribution in [0.2, 0.25) is 0 Å². The first-order chi connectivity index (χ1) is 10.4. The zero-order valence-corrected chi connectivity index (χ0v) is 13.6. The fraction of sp³-hybridized carbons (Fsp3) is 0.688. The molecule has 1 atom stereocenters. The average Bonchev–Trinajstić information content (AvgIpc) is 3.00. The van der Waals surface area contributed by atoms with Gasteiger partial charge in [0.2, 0.25) is 5.91 Å². The minimum Gasteiger partial charge on any atom is -0.469 e. The van der Waals surface area contributed by atoms with E-state index in [0.717, 1.165) is 31.5 Å². The SMILES string of the molecule is COC(=O)CC(C)(C)CC(=O)N1CCC[C@@H](c2cn[nH]c2)C1. The average molecular weight is 307 g/mol. The number of H-pyrrole nitrogens is 1. The number of aromatic nitrogens is 2. The zero-order chi connectivity index (χ0) is 16.2. The number of carbonyl (C=O) groups excluding carboxylic acids is 2. The number of esters is 1. The predicted molar refractivity (Wildman–Crippen MR) is 82.2 cm³/mol. The van der Waals surface area contributed by atoms with E-state index in [9.17, 15) is 9.59 Å². The Balaban J connectivity index is 1.93. The van der Waals surface area contributed by atoms with Crippen LogP contribution in [-0.4, -0.2) is 47.2 Å². The van der Waals surface area contributed by atoms with Gasteiger partial charge in [0.05, 0.1) is 19.7 Å². The van der Waals surface area contributed by atoms with Gasteiger partial charge >= 0.3 is 5.97 Å². The van der Waals surface area contributed by atoms with Crippen molar-refractivity contribution in [3.05, 3.63) is 18.0 Å². The molecule has 2 heterocycles. The fourth-order valence-corrected chi connectivity index (χ4v) is 3.01. The maximum absolute atomic E-state index is 12.5. The number of likely N-dealkylation sites (tertiary alicyclic amines) is 1. The second-order valence-corrected chi connectivity index (χ2v) is 6.80. The van der Waals surface area contributed by atoms with Gasteiger partial charge in [-0.1, -0.05) is 13.8 Å². The van der Waals surface area contributed by atoms with Crippen molar-refractivity contribution in [3.63, 3.8) is 0 Å². The molecule has 0 radical (unpaired) electrons. The maximum Gasteiger partial charge on any atom is 0.306 e. The third-order valence-corrected chi connectivity index (χ3v) is 4.25. The number of hydrogen-bond acceptors (Lipinski definition) is 4. The number of amides is 1. The molecule has 0 saturated carbocycles. The molecule has 0 aromatic carbocycles. The Kier molecular flexibility index (Phi) is 5.21. The van der Waals surface area contributed by atoms with Gasteiger partial charge in [-0.2, -0.15) is 5.10 Å². The number of piperidine rings is 1. The molecule has 1 aromatic heterocycles. The highest BCUT2D eigenvalue weighted by atomic mass is 16.5. The van der Waals surface area contributed by atoms with Crippen molar-refractivity contribution in [1.29, 1.82) is 0 Å². The Morgan fingerprint density at radius 2 is 2.23 bits per heavy atom. The lowest BCUT2D eigenvalue weighted by molar-refractivity contribution is -0.144. The van der Waals surface area contributed by atoms with Crippen molar-refractivity contribution < 1.29 is 14.3 Å². The van der Waals surface area contributed by atoms with Crippen molar-refractivity contribution in [1.82, 2.24) is 15.1 Å². The molecular weight excluding hydrogens is 282 g/mol. The van der Waals surface area contributed by atoms with E-state index in [2.05, 4.69) is 10.2 Å². The molecule has 2 rings (SSSR count). The number of carbonyl (C=O) groups is 2. The standard InChI is InChI=1S/C16H25N3O3/c1-16(2,8-15(21)22-3)7-14(20)19-6-4-5-12(11-19)13-9-17-18-10-13/h9-10,12H,4-8,11H2,1-3H3,(H,17,18)/t12-/m1/s1. The normalized spacial score (nSPS) is 19.0. The molecule has 0 unspecified atom stereocenters. The molecule has 0 aliphatic carbocycles. The molecule has 6 heteroatoms. The third-order valence-electron chi connectivity index (χ3n) is 4.25. The second-order valence-electron chi connectivity index (χ2n) is 6.80. The van der Waals surface area contributed by atoms with Gasteiger partial charge < -0.3 is 9.64 Å². The lowest BCUT2D eigenvalue weighted by Crippen LogP contribution is -2.41. The molecule has 0 bridgehead atoms. The number of aromatic amines is 1.